The van der Waals surface area contributed by atoms with E-state index in [-0.39, 0.29) is 11.2 Å². The van der Waals surface area contributed by atoms with Crippen LogP contribution in [-0.4, -0.2) is 21.4 Å². The lowest BCUT2D eigenvalue weighted by Crippen LogP contribution is -2.30. The van der Waals surface area contributed by atoms with Crippen LogP contribution in [0.15, 0.2) is 58.2 Å². The van der Waals surface area contributed by atoms with Gasteiger partial charge in [0.05, 0.1) is 5.25 Å². The van der Waals surface area contributed by atoms with E-state index in [1.165, 1.54) is 22.9 Å². The molecule has 1 aromatic heterocycles. The van der Waals surface area contributed by atoms with Gasteiger partial charge >= 0.3 is 0 Å². The summed E-state index contributed by atoms with van der Waals surface area (Å²) in [7, 11) is 0. The van der Waals surface area contributed by atoms with Gasteiger partial charge in [-0.15, -0.1) is 10.2 Å². The van der Waals surface area contributed by atoms with Crippen LogP contribution in [0.5, 0.6) is 0 Å². The number of benzene rings is 2. The highest BCUT2D eigenvalue weighted by atomic mass is 32.2. The van der Waals surface area contributed by atoms with Gasteiger partial charge in [-0.05, 0) is 49.6 Å². The lowest BCUT2D eigenvalue weighted by molar-refractivity contribution is -0.120. The van der Waals surface area contributed by atoms with Gasteiger partial charge in [0.1, 0.15) is 0 Å². The van der Waals surface area contributed by atoms with E-state index < -0.39 is 0 Å². The molecule has 26 heavy (non-hydrogen) atoms. The maximum Gasteiger partial charge on any atom is 0.277 e. The molecule has 0 radical (unpaired) electrons. The quantitative estimate of drug-likeness (QED) is 0.663. The highest BCUT2D eigenvalue weighted by Crippen LogP contribution is 2.27. The van der Waals surface area contributed by atoms with Crippen molar-refractivity contribution < 1.29 is 9.21 Å². The second kappa shape index (κ2) is 8.19. The van der Waals surface area contributed by atoms with Crippen LogP contribution in [0.2, 0.25) is 0 Å². The molecule has 134 valence electrons. The van der Waals surface area contributed by atoms with Crippen molar-refractivity contribution in [3.63, 3.8) is 0 Å². The molecule has 0 bridgehead atoms. The summed E-state index contributed by atoms with van der Waals surface area (Å²) >= 11 is 1.26. The van der Waals surface area contributed by atoms with Gasteiger partial charge in [-0.3, -0.25) is 4.79 Å². The summed E-state index contributed by atoms with van der Waals surface area (Å²) in [5, 5.41) is 11.1. The summed E-state index contributed by atoms with van der Waals surface area (Å²) in [5.41, 5.74) is 4.33. The van der Waals surface area contributed by atoms with Crippen molar-refractivity contribution in [3.05, 3.63) is 65.2 Å². The zero-order valence-electron chi connectivity index (χ0n) is 15.0. The van der Waals surface area contributed by atoms with E-state index in [0.717, 1.165) is 11.1 Å². The molecule has 2 aromatic carbocycles. The molecule has 0 aliphatic heterocycles. The average Bonchev–Trinajstić information content (AvgIpc) is 3.11. The van der Waals surface area contributed by atoms with Gasteiger partial charge in [-0.1, -0.05) is 48.2 Å². The fourth-order valence-electron chi connectivity index (χ4n) is 2.38. The number of rotatable bonds is 6. The Kier molecular flexibility index (Phi) is 5.73. The van der Waals surface area contributed by atoms with Crippen molar-refractivity contribution in [3.8, 4) is 11.5 Å². The zero-order valence-corrected chi connectivity index (χ0v) is 15.8. The lowest BCUT2D eigenvalue weighted by Gasteiger charge is -2.09. The second-order valence-corrected chi connectivity index (χ2v) is 7.43. The smallest absolute Gasteiger partial charge is 0.277 e. The molecule has 0 spiro atoms. The molecular formula is C20H21N3O2S. The summed E-state index contributed by atoms with van der Waals surface area (Å²) < 4.78 is 5.71. The highest BCUT2D eigenvalue weighted by molar-refractivity contribution is 8.00. The third kappa shape index (κ3) is 4.52. The zero-order chi connectivity index (χ0) is 18.5. The minimum atomic E-state index is -0.327. The summed E-state index contributed by atoms with van der Waals surface area (Å²) in [6, 6.07) is 15.8. The Morgan fingerprint density at radius 2 is 1.88 bits per heavy atom. The number of carbonyl (C=O) groups excluding carboxylic acids is 1. The largest absolute Gasteiger partial charge is 0.411 e. The topological polar surface area (TPSA) is 68.0 Å². The maximum absolute atomic E-state index is 12.3. The molecule has 0 fully saturated rings. The predicted molar refractivity (Wildman–Crippen MR) is 103 cm³/mol. The van der Waals surface area contributed by atoms with Crippen LogP contribution in [-0.2, 0) is 11.3 Å². The van der Waals surface area contributed by atoms with Gasteiger partial charge in [0.25, 0.3) is 5.22 Å². The van der Waals surface area contributed by atoms with Crippen molar-refractivity contribution in [1.82, 2.24) is 15.5 Å². The first kappa shape index (κ1) is 18.2. The van der Waals surface area contributed by atoms with E-state index >= 15 is 0 Å². The van der Waals surface area contributed by atoms with Crippen LogP contribution < -0.4 is 5.32 Å². The minimum absolute atomic E-state index is 0.0650. The Hall–Kier alpha value is -2.60. The first-order valence-corrected chi connectivity index (χ1v) is 9.30. The number of thioether (sulfide) groups is 1. The molecule has 3 rings (SSSR count). The van der Waals surface area contributed by atoms with Crippen molar-refractivity contribution in [2.24, 2.45) is 0 Å². The Labute approximate surface area is 157 Å². The van der Waals surface area contributed by atoms with Gasteiger partial charge < -0.3 is 9.73 Å². The summed E-state index contributed by atoms with van der Waals surface area (Å²) in [5.74, 6) is 0.400. The number of nitrogens with zero attached hydrogens (tertiary/aromatic N) is 2. The predicted octanol–water partition coefficient (Wildman–Crippen LogP) is 4.15. The molecular weight excluding hydrogens is 346 g/mol. The van der Waals surface area contributed by atoms with Crippen molar-refractivity contribution in [2.45, 2.75) is 37.8 Å². The van der Waals surface area contributed by atoms with Gasteiger partial charge in [0.15, 0.2) is 0 Å². The Bertz CT molecular complexity index is 893. The highest BCUT2D eigenvalue weighted by Gasteiger charge is 2.18. The molecule has 3 aromatic rings. The summed E-state index contributed by atoms with van der Waals surface area (Å²) in [4.78, 5) is 12.3. The van der Waals surface area contributed by atoms with Crippen LogP contribution in [0.3, 0.4) is 0 Å². The number of hydrogen-bond acceptors (Lipinski definition) is 5. The average molecular weight is 367 g/mol. The van der Waals surface area contributed by atoms with E-state index in [0.29, 0.717) is 17.7 Å². The van der Waals surface area contributed by atoms with E-state index in [4.69, 9.17) is 4.42 Å². The van der Waals surface area contributed by atoms with Crippen molar-refractivity contribution in [2.75, 3.05) is 0 Å². The van der Waals surface area contributed by atoms with E-state index in [1.807, 2.05) is 62.4 Å². The van der Waals surface area contributed by atoms with E-state index in [1.54, 1.807) is 0 Å². The van der Waals surface area contributed by atoms with E-state index in [2.05, 4.69) is 22.4 Å². The minimum Gasteiger partial charge on any atom is -0.411 e. The number of amides is 1. The molecule has 1 atom stereocenters. The molecule has 1 heterocycles. The van der Waals surface area contributed by atoms with Crippen LogP contribution in [0.25, 0.3) is 11.5 Å². The first-order valence-electron chi connectivity index (χ1n) is 8.42. The third-order valence-corrected chi connectivity index (χ3v) is 5.05. The molecule has 1 unspecified atom stereocenters. The standard InChI is InChI=1S/C20H21N3O2S/c1-13-9-10-17(11-14(13)2)19-22-23-20(25-19)26-15(3)18(24)21-12-16-7-5-4-6-8-16/h4-11,15H,12H2,1-3H3,(H,21,24). The lowest BCUT2D eigenvalue weighted by atomic mass is 10.1. The fraction of sp³-hybridized carbons (Fsp3) is 0.250. The number of nitrogens with one attached hydrogen (secondary N) is 1. The third-order valence-electron chi connectivity index (χ3n) is 4.12. The monoisotopic (exact) mass is 367 g/mol. The Balaban J connectivity index is 1.59. The number of carbonyl (C=O) groups is 1. The van der Waals surface area contributed by atoms with Crippen LogP contribution in [0.4, 0.5) is 0 Å². The molecule has 0 saturated carbocycles. The number of aromatic nitrogens is 2. The van der Waals surface area contributed by atoms with E-state index in [9.17, 15) is 4.79 Å². The van der Waals surface area contributed by atoms with Gasteiger partial charge in [-0.25, -0.2) is 0 Å². The molecule has 1 N–H and O–H groups in total. The molecule has 6 heteroatoms. The summed E-state index contributed by atoms with van der Waals surface area (Å²) in [6.07, 6.45) is 0. The maximum atomic E-state index is 12.3. The molecule has 0 aliphatic rings. The SMILES string of the molecule is Cc1ccc(-c2nnc(SC(C)C(=O)NCc3ccccc3)o2)cc1C. The van der Waals surface area contributed by atoms with Crippen molar-refractivity contribution >= 4 is 17.7 Å². The van der Waals surface area contributed by atoms with Gasteiger partial charge in [-0.2, -0.15) is 0 Å². The van der Waals surface area contributed by atoms with Gasteiger partial charge in [0.2, 0.25) is 11.8 Å². The molecule has 0 saturated heterocycles. The number of hydrogen-bond donors (Lipinski definition) is 1. The fourth-order valence-corrected chi connectivity index (χ4v) is 3.09. The molecule has 5 nitrogen and oxygen atoms in total. The van der Waals surface area contributed by atoms with Crippen molar-refractivity contribution in [1.29, 1.82) is 0 Å². The first-order chi connectivity index (χ1) is 12.5. The summed E-state index contributed by atoms with van der Waals surface area (Å²) in [6.45, 7) is 6.43. The van der Waals surface area contributed by atoms with Crippen LogP contribution in [0, 0.1) is 13.8 Å². The van der Waals surface area contributed by atoms with Gasteiger partial charge in [0, 0.05) is 12.1 Å². The molecule has 0 aliphatic carbocycles. The number of aryl methyl sites for hydroxylation is 2. The second-order valence-electron chi connectivity index (χ2n) is 6.14. The van der Waals surface area contributed by atoms with Crippen LogP contribution in [0.1, 0.15) is 23.6 Å². The normalized spacial score (nSPS) is 12.0. The Morgan fingerprint density at radius 1 is 1.12 bits per heavy atom. The molecule has 1 amide bonds. The Morgan fingerprint density at radius 3 is 2.62 bits per heavy atom. The van der Waals surface area contributed by atoms with Crippen LogP contribution >= 0.6 is 11.8 Å².